The van der Waals surface area contributed by atoms with Crippen molar-refractivity contribution in [1.82, 2.24) is 24.8 Å². The fourth-order valence-electron chi connectivity index (χ4n) is 3.14. The Morgan fingerprint density at radius 1 is 1.12 bits per heavy atom. The van der Waals surface area contributed by atoms with Crippen molar-refractivity contribution in [1.29, 1.82) is 0 Å². The number of para-hydroxylation sites is 1. The zero-order valence-corrected chi connectivity index (χ0v) is 15.9. The summed E-state index contributed by atoms with van der Waals surface area (Å²) in [5.41, 5.74) is 6.37. The maximum Gasteiger partial charge on any atom is 0.258 e. The van der Waals surface area contributed by atoms with Gasteiger partial charge in [0.1, 0.15) is 5.82 Å². The van der Waals surface area contributed by atoms with Crippen molar-refractivity contribution >= 4 is 39.8 Å². The van der Waals surface area contributed by atoms with Gasteiger partial charge in [0.15, 0.2) is 5.13 Å². The summed E-state index contributed by atoms with van der Waals surface area (Å²) in [5, 5.41) is 1.26. The normalized spacial score (nSPS) is 15.8. The molecule has 0 bridgehead atoms. The first-order valence-corrected chi connectivity index (χ1v) is 9.12. The summed E-state index contributed by atoms with van der Waals surface area (Å²) in [5.74, 6) is 0.729. The lowest BCUT2D eigenvalue weighted by atomic mass is 10.2. The summed E-state index contributed by atoms with van der Waals surface area (Å²) in [6.45, 7) is 5.43. The molecule has 3 heterocycles. The van der Waals surface area contributed by atoms with Gasteiger partial charge in [-0.25, -0.2) is 9.97 Å². The highest BCUT2D eigenvalue weighted by molar-refractivity contribution is 7.15. The second-order valence-corrected chi connectivity index (χ2v) is 7.39. The first kappa shape index (κ1) is 18.8. The summed E-state index contributed by atoms with van der Waals surface area (Å²) in [7, 11) is 0. The van der Waals surface area contributed by atoms with E-state index < -0.39 is 0 Å². The average Bonchev–Trinajstić information content (AvgIpc) is 3.02. The number of nitrogen functional groups attached to an aromatic ring is 1. The molecule has 1 aromatic carbocycles. The van der Waals surface area contributed by atoms with Crippen LogP contribution in [0.4, 0.5) is 5.13 Å². The van der Waals surface area contributed by atoms with E-state index >= 15 is 0 Å². The number of nitrogens with one attached hydrogen (secondary N) is 1. The molecule has 0 radical (unpaired) electrons. The van der Waals surface area contributed by atoms with Crippen LogP contribution in [0.2, 0.25) is 0 Å². The van der Waals surface area contributed by atoms with Crippen molar-refractivity contribution in [3.63, 3.8) is 0 Å². The number of H-pyrrole nitrogens is 1. The summed E-state index contributed by atoms with van der Waals surface area (Å²) in [6.07, 6.45) is 1.86. The predicted octanol–water partition coefficient (Wildman–Crippen LogP) is 1.70. The molecule has 0 amide bonds. The Labute approximate surface area is 161 Å². The molecule has 1 saturated heterocycles. The lowest BCUT2D eigenvalue weighted by molar-refractivity contribution is 0.120. The molecule has 2 aromatic heterocycles. The lowest BCUT2D eigenvalue weighted by Crippen LogP contribution is -2.45. The Kier molecular flexibility index (Phi) is 5.87. The molecule has 3 aromatic rings. The molecule has 138 valence electrons. The van der Waals surface area contributed by atoms with E-state index in [0.717, 1.165) is 44.1 Å². The molecule has 1 aliphatic heterocycles. The minimum Gasteiger partial charge on any atom is -0.375 e. The van der Waals surface area contributed by atoms with Gasteiger partial charge < -0.3 is 10.7 Å². The SMILES string of the molecule is Cl.Nc1ncc(CN2CCN(Cc3nc4ccccc4c(=O)[nH]3)CC2)s1. The number of fused-ring (bicyclic) bond motifs is 1. The van der Waals surface area contributed by atoms with Crippen LogP contribution >= 0.6 is 23.7 Å². The quantitative estimate of drug-likeness (QED) is 0.702. The van der Waals surface area contributed by atoms with E-state index in [0.29, 0.717) is 17.1 Å². The molecule has 1 aliphatic rings. The highest BCUT2D eigenvalue weighted by atomic mass is 35.5. The van der Waals surface area contributed by atoms with Crippen LogP contribution in [-0.2, 0) is 13.1 Å². The van der Waals surface area contributed by atoms with Gasteiger partial charge in [0.05, 0.1) is 17.4 Å². The average molecular weight is 393 g/mol. The Morgan fingerprint density at radius 3 is 2.50 bits per heavy atom. The predicted molar refractivity (Wildman–Crippen MR) is 107 cm³/mol. The molecular formula is C17H21ClN6OS. The summed E-state index contributed by atoms with van der Waals surface area (Å²) in [6, 6.07) is 7.45. The topological polar surface area (TPSA) is 91.1 Å². The van der Waals surface area contributed by atoms with Gasteiger partial charge in [0.2, 0.25) is 0 Å². The van der Waals surface area contributed by atoms with Gasteiger partial charge in [-0.05, 0) is 12.1 Å². The summed E-state index contributed by atoms with van der Waals surface area (Å²) < 4.78 is 0. The Morgan fingerprint density at radius 2 is 1.81 bits per heavy atom. The van der Waals surface area contributed by atoms with E-state index in [2.05, 4.69) is 24.8 Å². The van der Waals surface area contributed by atoms with Crippen LogP contribution in [0.25, 0.3) is 10.9 Å². The number of aromatic nitrogens is 3. The maximum atomic E-state index is 12.2. The van der Waals surface area contributed by atoms with Crippen molar-refractivity contribution in [2.75, 3.05) is 31.9 Å². The number of aromatic amines is 1. The Hall–Kier alpha value is -2.00. The van der Waals surface area contributed by atoms with Gasteiger partial charge >= 0.3 is 0 Å². The van der Waals surface area contributed by atoms with E-state index in [-0.39, 0.29) is 18.0 Å². The third-order valence-corrected chi connectivity index (χ3v) is 5.26. The number of anilines is 1. The molecule has 3 N–H and O–H groups in total. The van der Waals surface area contributed by atoms with Gasteiger partial charge in [0, 0.05) is 43.8 Å². The van der Waals surface area contributed by atoms with Crippen molar-refractivity contribution in [3.05, 3.63) is 51.5 Å². The molecule has 0 unspecified atom stereocenters. The first-order chi connectivity index (χ1) is 12.2. The van der Waals surface area contributed by atoms with Gasteiger partial charge in [-0.3, -0.25) is 14.6 Å². The number of hydrogen-bond acceptors (Lipinski definition) is 7. The Bertz CT molecular complexity index is 934. The van der Waals surface area contributed by atoms with Crippen LogP contribution in [0, 0.1) is 0 Å². The largest absolute Gasteiger partial charge is 0.375 e. The number of piperazine rings is 1. The van der Waals surface area contributed by atoms with Crippen molar-refractivity contribution in [2.45, 2.75) is 13.1 Å². The third kappa shape index (κ3) is 4.21. The zero-order valence-electron chi connectivity index (χ0n) is 14.2. The highest BCUT2D eigenvalue weighted by Crippen LogP contribution is 2.17. The molecule has 7 nitrogen and oxygen atoms in total. The molecule has 0 spiro atoms. The molecule has 0 saturated carbocycles. The van der Waals surface area contributed by atoms with E-state index in [1.807, 2.05) is 24.4 Å². The number of nitrogens with zero attached hydrogens (tertiary/aromatic N) is 4. The van der Waals surface area contributed by atoms with Crippen LogP contribution in [0.3, 0.4) is 0 Å². The van der Waals surface area contributed by atoms with Gasteiger partial charge in [-0.2, -0.15) is 0 Å². The molecule has 9 heteroatoms. The van der Waals surface area contributed by atoms with E-state index in [1.165, 1.54) is 4.88 Å². The second-order valence-electron chi connectivity index (χ2n) is 6.25. The number of rotatable bonds is 4. The monoisotopic (exact) mass is 392 g/mol. The number of halogens is 1. The number of thiazole rings is 1. The lowest BCUT2D eigenvalue weighted by Gasteiger charge is -2.34. The minimum absolute atomic E-state index is 0. The fraction of sp³-hybridized carbons (Fsp3) is 0.353. The summed E-state index contributed by atoms with van der Waals surface area (Å²) in [4.78, 5) is 29.7. The van der Waals surface area contributed by atoms with Gasteiger partial charge in [0.25, 0.3) is 5.56 Å². The Balaban J connectivity index is 0.00000196. The van der Waals surface area contributed by atoms with Crippen LogP contribution in [0.15, 0.2) is 35.3 Å². The molecule has 1 fully saturated rings. The molecular weight excluding hydrogens is 372 g/mol. The van der Waals surface area contributed by atoms with Crippen molar-refractivity contribution in [3.8, 4) is 0 Å². The van der Waals surface area contributed by atoms with Crippen LogP contribution in [-0.4, -0.2) is 50.9 Å². The molecule has 0 aliphatic carbocycles. The van der Waals surface area contributed by atoms with Crippen molar-refractivity contribution in [2.24, 2.45) is 0 Å². The van der Waals surface area contributed by atoms with Crippen molar-refractivity contribution < 1.29 is 0 Å². The number of benzene rings is 1. The van der Waals surface area contributed by atoms with E-state index in [4.69, 9.17) is 5.73 Å². The zero-order chi connectivity index (χ0) is 17.2. The van der Waals surface area contributed by atoms with Crippen LogP contribution in [0.5, 0.6) is 0 Å². The third-order valence-electron chi connectivity index (χ3n) is 4.45. The number of nitrogens with two attached hydrogens (primary N) is 1. The van der Waals surface area contributed by atoms with Gasteiger partial charge in [-0.1, -0.05) is 12.1 Å². The van der Waals surface area contributed by atoms with Gasteiger partial charge in [-0.15, -0.1) is 23.7 Å². The minimum atomic E-state index is -0.0676. The second kappa shape index (κ2) is 8.13. The maximum absolute atomic E-state index is 12.2. The first-order valence-electron chi connectivity index (χ1n) is 8.30. The standard InChI is InChI=1S/C17H20N6OS.ClH/c18-17-19-9-12(25-17)10-22-5-7-23(8-6-22)11-15-20-14-4-2-1-3-13(14)16(24)21-15;/h1-4,9H,5-8,10-11H2,(H2,18,19)(H,20,21,24);1H. The molecule has 26 heavy (non-hydrogen) atoms. The molecule has 4 rings (SSSR count). The summed E-state index contributed by atoms with van der Waals surface area (Å²) >= 11 is 1.55. The van der Waals surface area contributed by atoms with Crippen LogP contribution < -0.4 is 11.3 Å². The highest BCUT2D eigenvalue weighted by Gasteiger charge is 2.18. The fourth-order valence-corrected chi connectivity index (χ4v) is 3.87. The van der Waals surface area contributed by atoms with Crippen LogP contribution in [0.1, 0.15) is 10.7 Å². The van der Waals surface area contributed by atoms with E-state index in [1.54, 1.807) is 17.4 Å². The van der Waals surface area contributed by atoms with E-state index in [9.17, 15) is 4.79 Å². The number of hydrogen-bond donors (Lipinski definition) is 2. The molecule has 0 atom stereocenters. The smallest absolute Gasteiger partial charge is 0.258 e.